The van der Waals surface area contributed by atoms with Crippen molar-refractivity contribution in [1.29, 1.82) is 0 Å². The van der Waals surface area contributed by atoms with Crippen LogP contribution in [0.2, 0.25) is 0 Å². The second-order valence-corrected chi connectivity index (χ2v) is 4.25. The fourth-order valence-corrected chi connectivity index (χ4v) is 1.94. The van der Waals surface area contributed by atoms with E-state index in [9.17, 15) is 14.9 Å². The lowest BCUT2D eigenvalue weighted by atomic mass is 10.1. The first-order chi connectivity index (χ1) is 10.5. The molecule has 1 aromatic heterocycles. The van der Waals surface area contributed by atoms with Crippen molar-refractivity contribution in [3.8, 4) is 17.1 Å². The van der Waals surface area contributed by atoms with Crippen LogP contribution in [0.5, 0.6) is 5.75 Å². The number of ether oxygens (including phenoxy) is 2. The van der Waals surface area contributed by atoms with Gasteiger partial charge in [-0.25, -0.2) is 9.78 Å². The summed E-state index contributed by atoms with van der Waals surface area (Å²) in [6, 6.07) is 2.51. The van der Waals surface area contributed by atoms with Crippen molar-refractivity contribution in [2.75, 3.05) is 14.2 Å². The van der Waals surface area contributed by atoms with Gasteiger partial charge in [0.25, 0.3) is 0 Å². The molecular formula is C13H14N4O5. The second-order valence-electron chi connectivity index (χ2n) is 4.25. The van der Waals surface area contributed by atoms with E-state index in [0.717, 1.165) is 6.07 Å². The molecule has 0 radical (unpaired) electrons. The first-order valence-electron chi connectivity index (χ1n) is 6.36. The van der Waals surface area contributed by atoms with Crippen molar-refractivity contribution in [3.63, 3.8) is 0 Å². The molecule has 1 aromatic carbocycles. The molecule has 0 saturated carbocycles. The number of nitrogens with zero attached hydrogens (tertiary/aromatic N) is 4. The molecule has 1 heterocycles. The minimum atomic E-state index is -0.693. The molecule has 22 heavy (non-hydrogen) atoms. The van der Waals surface area contributed by atoms with Crippen LogP contribution < -0.4 is 4.74 Å². The van der Waals surface area contributed by atoms with E-state index in [1.165, 1.54) is 26.6 Å². The predicted octanol–water partition coefficient (Wildman–Crippen LogP) is 1.67. The van der Waals surface area contributed by atoms with Crippen molar-refractivity contribution in [3.05, 3.63) is 34.1 Å². The van der Waals surface area contributed by atoms with Crippen LogP contribution >= 0.6 is 0 Å². The monoisotopic (exact) mass is 306 g/mol. The summed E-state index contributed by atoms with van der Waals surface area (Å²) in [7, 11) is 2.50. The van der Waals surface area contributed by atoms with Gasteiger partial charge >= 0.3 is 11.7 Å². The molecule has 2 rings (SSSR count). The molecule has 0 amide bonds. The van der Waals surface area contributed by atoms with Gasteiger partial charge in [-0.15, -0.1) is 0 Å². The van der Waals surface area contributed by atoms with E-state index in [1.54, 1.807) is 4.68 Å². The van der Waals surface area contributed by atoms with Crippen molar-refractivity contribution in [2.24, 2.45) is 0 Å². The lowest BCUT2D eigenvalue weighted by Gasteiger charge is -2.08. The fraction of sp³-hybridized carbons (Fsp3) is 0.308. The number of rotatable bonds is 5. The zero-order valence-electron chi connectivity index (χ0n) is 12.3. The van der Waals surface area contributed by atoms with Crippen molar-refractivity contribution >= 4 is 11.7 Å². The van der Waals surface area contributed by atoms with Crippen LogP contribution in [-0.4, -0.2) is 39.9 Å². The van der Waals surface area contributed by atoms with Gasteiger partial charge in [-0.05, 0) is 13.0 Å². The van der Waals surface area contributed by atoms with Crippen LogP contribution in [0, 0.1) is 10.1 Å². The summed E-state index contributed by atoms with van der Waals surface area (Å²) in [5, 5.41) is 15.4. The van der Waals surface area contributed by atoms with Crippen molar-refractivity contribution in [2.45, 2.75) is 13.5 Å². The quantitative estimate of drug-likeness (QED) is 0.469. The maximum absolute atomic E-state index is 11.7. The Bertz CT molecular complexity index is 725. The number of hydrogen-bond acceptors (Lipinski definition) is 7. The predicted molar refractivity (Wildman–Crippen MR) is 75.7 cm³/mol. The van der Waals surface area contributed by atoms with E-state index >= 15 is 0 Å². The Hall–Kier alpha value is -2.97. The molecule has 9 heteroatoms. The van der Waals surface area contributed by atoms with Crippen molar-refractivity contribution in [1.82, 2.24) is 14.8 Å². The van der Waals surface area contributed by atoms with E-state index < -0.39 is 10.9 Å². The molecule has 0 atom stereocenters. The maximum atomic E-state index is 11.7. The summed E-state index contributed by atoms with van der Waals surface area (Å²) in [5.74, 6) is -0.471. The van der Waals surface area contributed by atoms with Gasteiger partial charge in [0.15, 0.2) is 5.82 Å². The van der Waals surface area contributed by atoms with Crippen LogP contribution in [0.15, 0.2) is 18.5 Å². The first kappa shape index (κ1) is 15.4. The Kier molecular flexibility index (Phi) is 4.35. The molecular weight excluding hydrogens is 292 g/mol. The van der Waals surface area contributed by atoms with Crippen LogP contribution in [0.25, 0.3) is 11.4 Å². The fourth-order valence-electron chi connectivity index (χ4n) is 1.94. The molecule has 0 aliphatic carbocycles. The third-order valence-electron chi connectivity index (χ3n) is 2.99. The third-order valence-corrected chi connectivity index (χ3v) is 2.99. The molecule has 0 fully saturated rings. The Morgan fingerprint density at radius 3 is 2.64 bits per heavy atom. The molecule has 0 unspecified atom stereocenters. The molecule has 0 spiro atoms. The van der Waals surface area contributed by atoms with Gasteiger partial charge in [-0.1, -0.05) is 0 Å². The highest BCUT2D eigenvalue weighted by Gasteiger charge is 2.25. The highest BCUT2D eigenvalue weighted by molar-refractivity contribution is 5.93. The number of aromatic nitrogens is 3. The Morgan fingerprint density at radius 1 is 1.41 bits per heavy atom. The Balaban J connectivity index is 2.70. The first-order valence-corrected chi connectivity index (χ1v) is 6.36. The average Bonchev–Trinajstić information content (AvgIpc) is 3.01. The minimum Gasteiger partial charge on any atom is -0.490 e. The van der Waals surface area contributed by atoms with Crippen LogP contribution in [0.4, 0.5) is 5.69 Å². The molecule has 9 nitrogen and oxygen atoms in total. The van der Waals surface area contributed by atoms with E-state index in [0.29, 0.717) is 6.54 Å². The van der Waals surface area contributed by atoms with Crippen molar-refractivity contribution < 1.29 is 19.2 Å². The minimum absolute atomic E-state index is 0.00786. The van der Waals surface area contributed by atoms with E-state index in [1.807, 2.05) is 6.92 Å². The number of hydrogen-bond donors (Lipinski definition) is 0. The molecule has 2 aromatic rings. The summed E-state index contributed by atoms with van der Waals surface area (Å²) >= 11 is 0. The summed E-state index contributed by atoms with van der Waals surface area (Å²) < 4.78 is 11.3. The SMILES string of the molecule is CCn1cnc(-c2cc(C(=O)OC)cc([N+](=O)[O-])c2OC)n1. The smallest absolute Gasteiger partial charge is 0.338 e. The van der Waals surface area contributed by atoms with Gasteiger partial charge in [0.05, 0.1) is 30.3 Å². The largest absolute Gasteiger partial charge is 0.490 e. The Morgan fingerprint density at radius 2 is 2.14 bits per heavy atom. The van der Waals surface area contributed by atoms with Gasteiger partial charge in [-0.2, -0.15) is 5.10 Å². The highest BCUT2D eigenvalue weighted by atomic mass is 16.6. The Labute approximate surface area is 125 Å². The van der Waals surface area contributed by atoms with Crippen LogP contribution in [-0.2, 0) is 11.3 Å². The number of carbonyl (C=O) groups is 1. The molecule has 0 aliphatic heterocycles. The number of nitro benzene ring substituents is 1. The van der Waals surface area contributed by atoms with Gasteiger partial charge < -0.3 is 9.47 Å². The lowest BCUT2D eigenvalue weighted by molar-refractivity contribution is -0.385. The van der Waals surface area contributed by atoms with Gasteiger partial charge in [0.2, 0.25) is 5.75 Å². The van der Waals surface area contributed by atoms with E-state index in [2.05, 4.69) is 14.8 Å². The van der Waals surface area contributed by atoms with Gasteiger partial charge in [0, 0.05) is 12.6 Å². The molecule has 0 bridgehead atoms. The lowest BCUT2D eigenvalue weighted by Crippen LogP contribution is -2.05. The molecule has 0 aliphatic rings. The normalized spacial score (nSPS) is 10.3. The zero-order valence-corrected chi connectivity index (χ0v) is 12.3. The number of nitro groups is 1. The number of carbonyl (C=O) groups excluding carboxylic acids is 1. The summed E-state index contributed by atoms with van der Waals surface area (Å²) in [6.45, 7) is 2.47. The van der Waals surface area contributed by atoms with Gasteiger partial charge in [-0.3, -0.25) is 14.8 Å². The molecule has 0 saturated heterocycles. The van der Waals surface area contributed by atoms with Crippen LogP contribution in [0.1, 0.15) is 17.3 Å². The number of benzene rings is 1. The third kappa shape index (κ3) is 2.73. The average molecular weight is 306 g/mol. The standard InChI is InChI=1S/C13H14N4O5/c1-4-16-7-14-12(15-16)9-5-8(13(18)22-3)6-10(17(19)20)11(9)21-2/h5-7H,4H2,1-3H3. The number of aryl methyl sites for hydroxylation is 1. The number of esters is 1. The molecule has 0 N–H and O–H groups in total. The zero-order chi connectivity index (χ0) is 16.3. The van der Waals surface area contributed by atoms with E-state index in [-0.39, 0.29) is 28.4 Å². The summed E-state index contributed by atoms with van der Waals surface area (Å²) in [5.41, 5.74) is -0.0737. The topological polar surface area (TPSA) is 109 Å². The molecule has 116 valence electrons. The summed E-state index contributed by atoms with van der Waals surface area (Å²) in [4.78, 5) is 26.4. The maximum Gasteiger partial charge on any atom is 0.338 e. The van der Waals surface area contributed by atoms with E-state index in [4.69, 9.17) is 4.74 Å². The van der Waals surface area contributed by atoms with Gasteiger partial charge in [0.1, 0.15) is 6.33 Å². The van der Waals surface area contributed by atoms with Crippen LogP contribution in [0.3, 0.4) is 0 Å². The summed E-state index contributed by atoms with van der Waals surface area (Å²) in [6.07, 6.45) is 1.49. The highest BCUT2D eigenvalue weighted by Crippen LogP contribution is 2.37. The second kappa shape index (κ2) is 6.20. The number of methoxy groups -OCH3 is 2.